The third kappa shape index (κ3) is 3.46. The van der Waals surface area contributed by atoms with Gasteiger partial charge in [0.1, 0.15) is 5.69 Å². The van der Waals surface area contributed by atoms with E-state index < -0.39 is 24.0 Å². The number of carbonyl (C=O) groups excluding carboxylic acids is 1. The molecule has 0 saturated heterocycles. The van der Waals surface area contributed by atoms with E-state index in [1.807, 2.05) is 0 Å². The molecular weight excluding hydrogens is 271 g/mol. The Morgan fingerprint density at radius 3 is 2.55 bits per heavy atom. The van der Waals surface area contributed by atoms with Gasteiger partial charge in [-0.05, 0) is 19.8 Å². The van der Waals surface area contributed by atoms with Crippen LogP contribution in [0.25, 0.3) is 0 Å². The van der Waals surface area contributed by atoms with Crippen LogP contribution in [0.3, 0.4) is 0 Å². The van der Waals surface area contributed by atoms with Crippen molar-refractivity contribution in [2.24, 2.45) is 5.92 Å². The first kappa shape index (κ1) is 14.7. The van der Waals surface area contributed by atoms with Gasteiger partial charge < -0.3 is 5.32 Å². The zero-order valence-electron chi connectivity index (χ0n) is 11.1. The van der Waals surface area contributed by atoms with E-state index in [4.69, 9.17) is 0 Å². The molecule has 1 aromatic heterocycles. The summed E-state index contributed by atoms with van der Waals surface area (Å²) in [4.78, 5) is 19.7. The van der Waals surface area contributed by atoms with Crippen LogP contribution < -0.4 is 5.32 Å². The second-order valence-corrected chi connectivity index (χ2v) is 5.06. The van der Waals surface area contributed by atoms with E-state index in [9.17, 15) is 18.0 Å². The number of nitrogens with zero attached hydrogens (tertiary/aromatic N) is 2. The van der Waals surface area contributed by atoms with Crippen molar-refractivity contribution in [3.8, 4) is 0 Å². The van der Waals surface area contributed by atoms with Crippen molar-refractivity contribution < 1.29 is 18.0 Å². The fraction of sp³-hybridized carbons (Fsp3) is 0.615. The highest BCUT2D eigenvalue weighted by Crippen LogP contribution is 2.37. The number of amides is 1. The second kappa shape index (κ2) is 5.76. The summed E-state index contributed by atoms with van der Waals surface area (Å²) in [5.74, 6) is -2.07. The highest BCUT2D eigenvalue weighted by Gasteiger charge is 2.46. The average Bonchev–Trinajstić information content (AvgIpc) is 2.38. The second-order valence-electron chi connectivity index (χ2n) is 5.06. The van der Waals surface area contributed by atoms with E-state index >= 15 is 0 Å². The zero-order valence-corrected chi connectivity index (χ0v) is 11.1. The summed E-state index contributed by atoms with van der Waals surface area (Å²) in [6, 6.07) is -0.876. The Hall–Kier alpha value is -1.66. The molecule has 20 heavy (non-hydrogen) atoms. The minimum atomic E-state index is -4.28. The molecule has 1 heterocycles. The smallest absolute Gasteiger partial charge is 0.347 e. The van der Waals surface area contributed by atoms with E-state index in [2.05, 4.69) is 15.3 Å². The fourth-order valence-electron chi connectivity index (χ4n) is 2.45. The van der Waals surface area contributed by atoms with E-state index in [-0.39, 0.29) is 12.1 Å². The highest BCUT2D eigenvalue weighted by atomic mass is 19.4. The van der Waals surface area contributed by atoms with Crippen LogP contribution in [0.15, 0.2) is 12.4 Å². The van der Waals surface area contributed by atoms with Gasteiger partial charge >= 0.3 is 6.18 Å². The standard InChI is InChI=1S/C13H16F3N3O/c1-8-6-18-11(7-17-8)12(20)19-10-5-3-2-4-9(10)13(14,15)16/h6-7,9-10H,2-5H2,1H3,(H,19,20)/t9-,10-/m0/s1. The van der Waals surface area contributed by atoms with Crippen LogP contribution in [0.5, 0.6) is 0 Å². The SMILES string of the molecule is Cc1cnc(C(=O)N[C@H]2CCCC[C@@H]2C(F)(F)F)cn1. The molecule has 1 amide bonds. The van der Waals surface area contributed by atoms with Crippen LogP contribution in [0.2, 0.25) is 0 Å². The summed E-state index contributed by atoms with van der Waals surface area (Å²) >= 11 is 0. The largest absolute Gasteiger partial charge is 0.393 e. The molecule has 2 atom stereocenters. The van der Waals surface area contributed by atoms with E-state index in [1.54, 1.807) is 6.92 Å². The monoisotopic (exact) mass is 287 g/mol. The first-order chi connectivity index (χ1) is 9.38. The molecule has 1 aliphatic carbocycles. The normalized spacial score (nSPS) is 23.4. The lowest BCUT2D eigenvalue weighted by Crippen LogP contribution is -2.47. The van der Waals surface area contributed by atoms with Crippen LogP contribution in [0.4, 0.5) is 13.2 Å². The van der Waals surface area contributed by atoms with Gasteiger partial charge in [-0.25, -0.2) is 4.98 Å². The lowest BCUT2D eigenvalue weighted by Gasteiger charge is -2.33. The Morgan fingerprint density at radius 2 is 1.95 bits per heavy atom. The van der Waals surface area contributed by atoms with Crippen molar-refractivity contribution in [3.63, 3.8) is 0 Å². The molecule has 1 saturated carbocycles. The van der Waals surface area contributed by atoms with Crippen molar-refractivity contribution in [2.45, 2.75) is 44.8 Å². The average molecular weight is 287 g/mol. The molecule has 4 nitrogen and oxygen atoms in total. The Balaban J connectivity index is 2.07. The zero-order chi connectivity index (χ0) is 14.8. The molecule has 0 aromatic carbocycles. The topological polar surface area (TPSA) is 54.9 Å². The van der Waals surface area contributed by atoms with Crippen LogP contribution in [-0.4, -0.2) is 28.1 Å². The van der Waals surface area contributed by atoms with Crippen molar-refractivity contribution in [1.82, 2.24) is 15.3 Å². The third-order valence-electron chi connectivity index (χ3n) is 3.52. The molecule has 0 spiro atoms. The number of halogens is 3. The molecule has 0 aliphatic heterocycles. The van der Waals surface area contributed by atoms with Crippen molar-refractivity contribution in [2.75, 3.05) is 0 Å². The lowest BCUT2D eigenvalue weighted by molar-refractivity contribution is -0.187. The Bertz CT molecular complexity index is 473. The summed E-state index contributed by atoms with van der Waals surface area (Å²) < 4.78 is 38.8. The number of aromatic nitrogens is 2. The first-order valence-electron chi connectivity index (χ1n) is 6.54. The van der Waals surface area contributed by atoms with Gasteiger partial charge in [0.2, 0.25) is 0 Å². The number of nitrogens with one attached hydrogen (secondary N) is 1. The van der Waals surface area contributed by atoms with Crippen LogP contribution in [0.1, 0.15) is 41.9 Å². The van der Waals surface area contributed by atoms with Crippen LogP contribution >= 0.6 is 0 Å². The predicted octanol–water partition coefficient (Wildman–Crippen LogP) is 2.64. The summed E-state index contributed by atoms with van der Waals surface area (Å²) in [6.45, 7) is 1.72. The Morgan fingerprint density at radius 1 is 1.25 bits per heavy atom. The lowest BCUT2D eigenvalue weighted by atomic mass is 9.84. The van der Waals surface area contributed by atoms with Gasteiger partial charge in [-0.15, -0.1) is 0 Å². The molecule has 0 unspecified atom stereocenters. The maximum absolute atomic E-state index is 12.9. The number of carbonyl (C=O) groups is 1. The number of hydrogen-bond acceptors (Lipinski definition) is 3. The van der Waals surface area contributed by atoms with Gasteiger partial charge in [0, 0.05) is 12.2 Å². The summed E-state index contributed by atoms with van der Waals surface area (Å²) in [5, 5.41) is 2.45. The van der Waals surface area contributed by atoms with Crippen molar-refractivity contribution in [1.29, 1.82) is 0 Å². The minimum absolute atomic E-state index is 0.0436. The van der Waals surface area contributed by atoms with Gasteiger partial charge in [0.05, 0.1) is 17.8 Å². The van der Waals surface area contributed by atoms with E-state index in [1.165, 1.54) is 12.4 Å². The maximum Gasteiger partial charge on any atom is 0.393 e. The molecular formula is C13H16F3N3O. The molecule has 1 aromatic rings. The predicted molar refractivity (Wildman–Crippen MR) is 66.0 cm³/mol. The quantitative estimate of drug-likeness (QED) is 0.909. The molecule has 7 heteroatoms. The number of alkyl halides is 3. The molecule has 0 bridgehead atoms. The van der Waals surface area contributed by atoms with Gasteiger partial charge in [-0.3, -0.25) is 9.78 Å². The number of rotatable bonds is 2. The van der Waals surface area contributed by atoms with Gasteiger partial charge in [-0.1, -0.05) is 12.8 Å². The van der Waals surface area contributed by atoms with Gasteiger partial charge in [0.15, 0.2) is 0 Å². The summed E-state index contributed by atoms with van der Waals surface area (Å²) in [6.07, 6.45) is 0.0473. The Labute approximate surface area is 114 Å². The minimum Gasteiger partial charge on any atom is -0.347 e. The highest BCUT2D eigenvalue weighted by molar-refractivity contribution is 5.92. The molecule has 1 N–H and O–H groups in total. The molecule has 1 aliphatic rings. The number of aryl methyl sites for hydroxylation is 1. The third-order valence-corrected chi connectivity index (χ3v) is 3.52. The first-order valence-corrected chi connectivity index (χ1v) is 6.54. The molecule has 110 valence electrons. The van der Waals surface area contributed by atoms with Gasteiger partial charge in [0.25, 0.3) is 5.91 Å². The van der Waals surface area contributed by atoms with Crippen LogP contribution in [-0.2, 0) is 0 Å². The molecule has 1 fully saturated rings. The van der Waals surface area contributed by atoms with Gasteiger partial charge in [-0.2, -0.15) is 13.2 Å². The summed E-state index contributed by atoms with van der Waals surface area (Å²) in [7, 11) is 0. The summed E-state index contributed by atoms with van der Waals surface area (Å²) in [5.41, 5.74) is 0.689. The van der Waals surface area contributed by atoms with Crippen LogP contribution in [0, 0.1) is 12.8 Å². The van der Waals surface area contributed by atoms with Crippen molar-refractivity contribution >= 4 is 5.91 Å². The fourth-order valence-corrected chi connectivity index (χ4v) is 2.45. The molecule has 2 rings (SSSR count). The number of hydrogen-bond donors (Lipinski definition) is 1. The molecule has 0 radical (unpaired) electrons. The Kier molecular flexibility index (Phi) is 4.25. The van der Waals surface area contributed by atoms with Crippen molar-refractivity contribution in [3.05, 3.63) is 23.8 Å². The van der Waals surface area contributed by atoms with E-state index in [0.29, 0.717) is 25.0 Å². The maximum atomic E-state index is 12.9. The van der Waals surface area contributed by atoms with E-state index in [0.717, 1.165) is 0 Å².